The Morgan fingerprint density at radius 2 is 1.77 bits per heavy atom. The van der Waals surface area contributed by atoms with Crippen LogP contribution in [-0.4, -0.2) is 72.6 Å². The van der Waals surface area contributed by atoms with Crippen molar-refractivity contribution in [2.45, 2.75) is 50.7 Å². The van der Waals surface area contributed by atoms with Gasteiger partial charge in [0.25, 0.3) is 0 Å². The molecule has 0 fully saturated rings. The number of ketones is 2. The molecule has 0 aliphatic carbocycles. The summed E-state index contributed by atoms with van der Waals surface area (Å²) in [6.45, 7) is 1.55. The number of nitrogens with one attached hydrogen (secondary N) is 3. The summed E-state index contributed by atoms with van der Waals surface area (Å²) < 4.78 is 0. The van der Waals surface area contributed by atoms with Crippen LogP contribution in [0.1, 0.15) is 31.7 Å². The molecular weight excluding hydrogens is 388 g/mol. The molecule has 0 aliphatic rings. The van der Waals surface area contributed by atoms with Crippen molar-refractivity contribution in [3.63, 3.8) is 0 Å². The Morgan fingerprint density at radius 1 is 1.10 bits per heavy atom. The maximum atomic E-state index is 12.7. The first-order valence-corrected chi connectivity index (χ1v) is 10.1. The second kappa shape index (κ2) is 13.8. The Kier molecular flexibility index (Phi) is 11.8. The number of hydrogen-bond acceptors (Lipinski definition) is 8. The summed E-state index contributed by atoms with van der Waals surface area (Å²) in [5.74, 6) is -0.934. The molecule has 168 valence electrons. The number of carbonyl (C=O) groups is 3. The summed E-state index contributed by atoms with van der Waals surface area (Å²) in [7, 11) is 1.85. The molecule has 7 N–H and O–H groups in total. The fourth-order valence-corrected chi connectivity index (χ4v) is 2.87. The molecule has 0 radical (unpaired) electrons. The van der Waals surface area contributed by atoms with Crippen LogP contribution >= 0.6 is 0 Å². The molecule has 3 atom stereocenters. The summed E-state index contributed by atoms with van der Waals surface area (Å²) in [6.07, 6.45) is 2.39. The van der Waals surface area contributed by atoms with Gasteiger partial charge in [-0.05, 0) is 57.5 Å². The van der Waals surface area contributed by atoms with Crippen LogP contribution in [-0.2, 0) is 20.8 Å². The lowest BCUT2D eigenvalue weighted by atomic mass is 10.0. The van der Waals surface area contributed by atoms with Crippen molar-refractivity contribution in [2.24, 2.45) is 5.73 Å². The van der Waals surface area contributed by atoms with Crippen molar-refractivity contribution < 1.29 is 24.6 Å². The molecular formula is C21H34N4O5. The first-order valence-electron chi connectivity index (χ1n) is 10.1. The van der Waals surface area contributed by atoms with Crippen LogP contribution in [0, 0.1) is 0 Å². The van der Waals surface area contributed by atoms with Gasteiger partial charge < -0.3 is 26.6 Å². The van der Waals surface area contributed by atoms with Gasteiger partial charge in [-0.25, -0.2) is 0 Å². The third-order valence-corrected chi connectivity index (χ3v) is 4.81. The number of Topliss-reactive ketones (excluding diaryl/α,β-unsaturated/α-hetero) is 2. The largest absolute Gasteiger partial charge is 0.508 e. The third kappa shape index (κ3) is 9.45. The maximum absolute atomic E-state index is 12.7. The molecule has 1 aromatic rings. The Hall–Kier alpha value is -2.33. The van der Waals surface area contributed by atoms with Gasteiger partial charge >= 0.3 is 0 Å². The van der Waals surface area contributed by atoms with E-state index >= 15 is 0 Å². The minimum Gasteiger partial charge on any atom is -0.508 e. The number of benzene rings is 1. The number of aliphatic hydroxyl groups excluding tert-OH is 1. The first-order chi connectivity index (χ1) is 14.3. The Morgan fingerprint density at radius 3 is 2.33 bits per heavy atom. The Bertz CT molecular complexity index is 680. The molecule has 9 heteroatoms. The van der Waals surface area contributed by atoms with Crippen molar-refractivity contribution in [3.8, 4) is 5.75 Å². The molecule has 30 heavy (non-hydrogen) atoms. The summed E-state index contributed by atoms with van der Waals surface area (Å²) in [6, 6.07) is 3.91. The van der Waals surface area contributed by atoms with Gasteiger partial charge in [0.2, 0.25) is 5.91 Å². The van der Waals surface area contributed by atoms with Crippen molar-refractivity contribution in [1.29, 1.82) is 0 Å². The van der Waals surface area contributed by atoms with E-state index in [2.05, 4.69) is 16.0 Å². The summed E-state index contributed by atoms with van der Waals surface area (Å²) >= 11 is 0. The highest BCUT2D eigenvalue weighted by molar-refractivity contribution is 5.92. The summed E-state index contributed by atoms with van der Waals surface area (Å²) in [5.41, 5.74) is 6.72. The van der Waals surface area contributed by atoms with Gasteiger partial charge in [-0.15, -0.1) is 0 Å². The van der Waals surface area contributed by atoms with Gasteiger partial charge in [-0.1, -0.05) is 18.6 Å². The quantitative estimate of drug-likeness (QED) is 0.202. The van der Waals surface area contributed by atoms with Gasteiger partial charge in [-0.3, -0.25) is 19.7 Å². The molecule has 0 aliphatic heterocycles. The fraction of sp³-hybridized carbons (Fsp3) is 0.571. The fourth-order valence-electron chi connectivity index (χ4n) is 2.87. The standard InChI is InChI=1S/C21H34N4O5/c1-14(27)19(13-26)24-12-20(29)18(11-15-6-8-16(28)9-7-15)25-21(30)17(22)5-3-4-10-23-2/h6-9,17-19,23-24,26,28H,3-5,10-13,22H2,1-2H3,(H,25,30)/t17-,18-,19-/m0/s1. The lowest BCUT2D eigenvalue weighted by molar-refractivity contribution is -0.128. The maximum Gasteiger partial charge on any atom is 0.237 e. The predicted molar refractivity (Wildman–Crippen MR) is 114 cm³/mol. The first kappa shape index (κ1) is 25.7. The monoisotopic (exact) mass is 422 g/mol. The number of carbonyl (C=O) groups excluding carboxylic acids is 3. The molecule has 0 saturated carbocycles. The van der Waals surface area contributed by atoms with Gasteiger partial charge in [0, 0.05) is 0 Å². The van der Waals surface area contributed by atoms with Crippen LogP contribution in [0.3, 0.4) is 0 Å². The van der Waals surface area contributed by atoms with Crippen LogP contribution in [0.5, 0.6) is 5.75 Å². The average molecular weight is 423 g/mol. The number of phenols is 1. The highest BCUT2D eigenvalue weighted by atomic mass is 16.3. The summed E-state index contributed by atoms with van der Waals surface area (Å²) in [5, 5.41) is 27.1. The minimum atomic E-state index is -0.857. The average Bonchev–Trinajstić information content (AvgIpc) is 2.72. The van der Waals surface area contributed by atoms with Crippen LogP contribution < -0.4 is 21.7 Å². The topological polar surface area (TPSA) is 154 Å². The minimum absolute atomic E-state index is 0.100. The number of phenolic OH excluding ortho intramolecular Hbond substituents is 1. The van der Waals surface area contributed by atoms with Crippen LogP contribution in [0.15, 0.2) is 24.3 Å². The normalized spacial score (nSPS) is 14.0. The molecule has 1 rings (SSSR count). The Balaban J connectivity index is 2.78. The molecule has 0 spiro atoms. The number of aromatic hydroxyl groups is 1. The molecule has 1 amide bonds. The lowest BCUT2D eigenvalue weighted by Gasteiger charge is -2.22. The van der Waals surface area contributed by atoms with E-state index in [0.717, 1.165) is 24.9 Å². The van der Waals surface area contributed by atoms with E-state index < -0.39 is 30.6 Å². The van der Waals surface area contributed by atoms with E-state index in [1.807, 2.05) is 7.05 Å². The van der Waals surface area contributed by atoms with Crippen molar-refractivity contribution >= 4 is 17.5 Å². The van der Waals surface area contributed by atoms with Crippen molar-refractivity contribution in [3.05, 3.63) is 29.8 Å². The van der Waals surface area contributed by atoms with E-state index in [-0.39, 0.29) is 30.3 Å². The van der Waals surface area contributed by atoms with E-state index in [1.165, 1.54) is 19.1 Å². The van der Waals surface area contributed by atoms with Gasteiger partial charge in [-0.2, -0.15) is 0 Å². The molecule has 0 aromatic heterocycles. The smallest absolute Gasteiger partial charge is 0.237 e. The molecule has 0 saturated heterocycles. The zero-order valence-corrected chi connectivity index (χ0v) is 17.7. The Labute approximate surface area is 177 Å². The predicted octanol–water partition coefficient (Wildman–Crippen LogP) is -0.755. The lowest BCUT2D eigenvalue weighted by Crippen LogP contribution is -2.52. The summed E-state index contributed by atoms with van der Waals surface area (Å²) in [4.78, 5) is 36.7. The number of hydrogen-bond donors (Lipinski definition) is 6. The third-order valence-electron chi connectivity index (χ3n) is 4.81. The second-order valence-corrected chi connectivity index (χ2v) is 7.33. The van der Waals surface area contributed by atoms with Crippen LogP contribution in [0.2, 0.25) is 0 Å². The number of nitrogens with two attached hydrogens (primary N) is 1. The number of rotatable bonds is 15. The number of aliphatic hydroxyl groups is 1. The van der Waals surface area contributed by atoms with E-state index in [9.17, 15) is 24.6 Å². The van der Waals surface area contributed by atoms with Crippen LogP contribution in [0.25, 0.3) is 0 Å². The number of amides is 1. The molecule has 1 aromatic carbocycles. The zero-order chi connectivity index (χ0) is 22.5. The molecule has 9 nitrogen and oxygen atoms in total. The van der Waals surface area contributed by atoms with Gasteiger partial charge in [0.15, 0.2) is 5.78 Å². The van der Waals surface area contributed by atoms with Gasteiger partial charge in [0.05, 0.1) is 31.3 Å². The van der Waals surface area contributed by atoms with Crippen LogP contribution in [0.4, 0.5) is 0 Å². The van der Waals surface area contributed by atoms with E-state index in [4.69, 9.17) is 5.73 Å². The molecule has 0 heterocycles. The van der Waals surface area contributed by atoms with E-state index in [1.54, 1.807) is 12.1 Å². The highest BCUT2D eigenvalue weighted by Gasteiger charge is 2.25. The molecule has 0 unspecified atom stereocenters. The highest BCUT2D eigenvalue weighted by Crippen LogP contribution is 2.12. The molecule has 0 bridgehead atoms. The second-order valence-electron chi connectivity index (χ2n) is 7.33. The van der Waals surface area contributed by atoms with E-state index in [0.29, 0.717) is 6.42 Å². The zero-order valence-electron chi connectivity index (χ0n) is 17.7. The van der Waals surface area contributed by atoms with Gasteiger partial charge in [0.1, 0.15) is 11.5 Å². The SMILES string of the molecule is CNCCCC[C@H](N)C(=O)N[C@@H](Cc1ccc(O)cc1)C(=O)CN[C@@H](CO)C(C)=O. The number of unbranched alkanes of at least 4 members (excludes halogenated alkanes) is 1. The van der Waals surface area contributed by atoms with Crippen molar-refractivity contribution in [1.82, 2.24) is 16.0 Å². The van der Waals surface area contributed by atoms with Crippen molar-refractivity contribution in [2.75, 3.05) is 26.7 Å².